The molecular weight excluding hydrogens is 234 g/mol. The van der Waals surface area contributed by atoms with Gasteiger partial charge < -0.3 is 9.84 Å². The molecule has 96 valence electrons. The molecule has 1 aromatic rings. The third-order valence-electron chi connectivity index (χ3n) is 1.56. The largest absolute Gasteiger partial charge is 0.433 e. The molecule has 0 heterocycles. The minimum absolute atomic E-state index is 0.288. The summed E-state index contributed by atoms with van der Waals surface area (Å²) in [5.74, 6) is -0.565. The van der Waals surface area contributed by atoms with E-state index < -0.39 is 12.3 Å². The number of aliphatic hydroxyl groups is 1. The average Bonchev–Trinajstić information content (AvgIpc) is 2.30. The molecule has 0 aromatic heterocycles. The van der Waals surface area contributed by atoms with Crippen molar-refractivity contribution >= 4 is 17.7 Å². The molecule has 0 fully saturated rings. The van der Waals surface area contributed by atoms with Crippen LogP contribution in [0.3, 0.4) is 0 Å². The number of aliphatic imine (C=N–C) groups is 1. The van der Waals surface area contributed by atoms with Crippen molar-refractivity contribution in [1.29, 1.82) is 0 Å². The number of rotatable bonds is 3. The Hall–Kier alpha value is -2.23. The number of carbonyl (C=O) groups is 1. The highest BCUT2D eigenvalue weighted by atomic mass is 16.6. The third-order valence-corrected chi connectivity index (χ3v) is 1.56. The lowest BCUT2D eigenvalue weighted by molar-refractivity contribution is -0.159. The quantitative estimate of drug-likeness (QED) is 0.292. The monoisotopic (exact) mass is 249 g/mol. The fourth-order valence-corrected chi connectivity index (χ4v) is 0.811. The summed E-state index contributed by atoms with van der Waals surface area (Å²) in [4.78, 5) is 23.6. The minimum atomic E-state index is -1.05. The molecule has 1 rings (SSSR count). The second-order valence-corrected chi connectivity index (χ2v) is 3.32. The van der Waals surface area contributed by atoms with Crippen LogP contribution in [0.2, 0.25) is 0 Å². The van der Waals surface area contributed by atoms with Crippen molar-refractivity contribution < 1.29 is 19.4 Å². The van der Waals surface area contributed by atoms with Crippen LogP contribution in [0.15, 0.2) is 47.5 Å². The Labute approximate surface area is 105 Å². The minimum Gasteiger partial charge on any atom is -0.433 e. The molecule has 1 N–H and O–H groups in total. The van der Waals surface area contributed by atoms with Gasteiger partial charge in [-0.3, -0.25) is 0 Å². The van der Waals surface area contributed by atoms with Crippen molar-refractivity contribution in [1.82, 2.24) is 0 Å². The summed E-state index contributed by atoms with van der Waals surface area (Å²) in [7, 11) is 0. The summed E-state index contributed by atoms with van der Waals surface area (Å²) in [5.41, 5.74) is 0.934. The smallest absolute Gasteiger partial charge is 0.335 e. The van der Waals surface area contributed by atoms with E-state index in [1.165, 1.54) is 19.9 Å². The van der Waals surface area contributed by atoms with E-state index in [0.717, 1.165) is 0 Å². The Morgan fingerprint density at radius 1 is 1.44 bits per heavy atom. The maximum Gasteiger partial charge on any atom is 0.335 e. The van der Waals surface area contributed by atoms with Gasteiger partial charge in [-0.15, -0.1) is 0 Å². The van der Waals surface area contributed by atoms with Gasteiger partial charge in [0.15, 0.2) is 6.29 Å². The predicted molar refractivity (Wildman–Crippen MR) is 66.8 cm³/mol. The van der Waals surface area contributed by atoms with Gasteiger partial charge in [-0.2, -0.15) is 4.99 Å². The molecular formula is C13H15NO4. The highest BCUT2D eigenvalue weighted by molar-refractivity contribution is 5.86. The van der Waals surface area contributed by atoms with E-state index in [-0.39, 0.29) is 5.57 Å². The number of hydrogen-bond acceptors (Lipinski definition) is 5. The molecule has 5 nitrogen and oxygen atoms in total. The normalized spacial score (nSPS) is 10.2. The van der Waals surface area contributed by atoms with Crippen LogP contribution in [-0.4, -0.2) is 23.4 Å². The standard InChI is InChI=1S/C7H5NO.C6H10O3/c9-6-8-7-4-2-1-3-5-7;1-4(2)6(8)9-5(3)7/h1-5H;5,7H,1H2,2-3H3. The molecule has 0 saturated carbocycles. The van der Waals surface area contributed by atoms with Gasteiger partial charge in [0.1, 0.15) is 0 Å². The van der Waals surface area contributed by atoms with Gasteiger partial charge in [0.25, 0.3) is 0 Å². The first-order chi connectivity index (χ1) is 8.47. The van der Waals surface area contributed by atoms with Crippen LogP contribution in [0.5, 0.6) is 0 Å². The predicted octanol–water partition coefficient (Wildman–Crippen LogP) is 2.10. The summed E-state index contributed by atoms with van der Waals surface area (Å²) < 4.78 is 4.33. The van der Waals surface area contributed by atoms with Crippen molar-refractivity contribution in [3.8, 4) is 0 Å². The Morgan fingerprint density at radius 2 is 2.00 bits per heavy atom. The zero-order chi connectivity index (χ0) is 14.0. The molecule has 0 amide bonds. The number of hydrogen-bond donors (Lipinski definition) is 1. The summed E-state index contributed by atoms with van der Waals surface area (Å²) in [6.07, 6.45) is 0.412. The van der Waals surface area contributed by atoms with Crippen LogP contribution in [-0.2, 0) is 14.3 Å². The van der Waals surface area contributed by atoms with Crippen molar-refractivity contribution in [3.63, 3.8) is 0 Å². The number of benzene rings is 1. The Kier molecular flexibility index (Phi) is 7.77. The zero-order valence-corrected chi connectivity index (χ0v) is 10.3. The lowest BCUT2D eigenvalue weighted by Gasteiger charge is -2.04. The van der Waals surface area contributed by atoms with Crippen LogP contribution >= 0.6 is 0 Å². The van der Waals surface area contributed by atoms with Gasteiger partial charge in [0.2, 0.25) is 6.08 Å². The molecule has 0 spiro atoms. The Bertz CT molecular complexity index is 434. The van der Waals surface area contributed by atoms with Crippen LogP contribution in [0, 0.1) is 0 Å². The van der Waals surface area contributed by atoms with Crippen molar-refractivity contribution in [2.24, 2.45) is 4.99 Å². The second kappa shape index (κ2) is 8.87. The topological polar surface area (TPSA) is 76.0 Å². The molecule has 0 radical (unpaired) electrons. The van der Waals surface area contributed by atoms with E-state index in [1.807, 2.05) is 18.2 Å². The van der Waals surface area contributed by atoms with E-state index in [9.17, 15) is 9.59 Å². The first-order valence-electron chi connectivity index (χ1n) is 5.15. The Balaban J connectivity index is 0.000000321. The molecule has 0 bridgehead atoms. The van der Waals surface area contributed by atoms with Crippen molar-refractivity contribution in [2.75, 3.05) is 0 Å². The van der Waals surface area contributed by atoms with E-state index in [4.69, 9.17) is 5.11 Å². The fraction of sp³-hybridized carbons (Fsp3) is 0.231. The van der Waals surface area contributed by atoms with Crippen LogP contribution < -0.4 is 0 Å². The van der Waals surface area contributed by atoms with Crippen molar-refractivity contribution in [3.05, 3.63) is 42.5 Å². The SMILES string of the molecule is C=C(C)C(=O)OC(C)O.O=C=Nc1ccccc1. The summed E-state index contributed by atoms with van der Waals surface area (Å²) >= 11 is 0. The molecule has 1 unspecified atom stereocenters. The molecule has 0 aliphatic rings. The van der Waals surface area contributed by atoms with Gasteiger partial charge >= 0.3 is 5.97 Å². The number of carbonyl (C=O) groups excluding carboxylic acids is 2. The van der Waals surface area contributed by atoms with E-state index >= 15 is 0 Å². The lowest BCUT2D eigenvalue weighted by atomic mass is 10.3. The molecule has 0 aliphatic heterocycles. The van der Waals surface area contributed by atoms with Crippen LogP contribution in [0.1, 0.15) is 13.8 Å². The van der Waals surface area contributed by atoms with Gasteiger partial charge in [-0.25, -0.2) is 9.59 Å². The maximum atomic E-state index is 10.5. The average molecular weight is 249 g/mol. The second-order valence-electron chi connectivity index (χ2n) is 3.32. The van der Waals surface area contributed by atoms with Gasteiger partial charge in [0, 0.05) is 5.57 Å². The van der Waals surface area contributed by atoms with Gasteiger partial charge in [-0.05, 0) is 26.0 Å². The molecule has 18 heavy (non-hydrogen) atoms. The van der Waals surface area contributed by atoms with E-state index in [0.29, 0.717) is 5.69 Å². The van der Waals surface area contributed by atoms with Crippen molar-refractivity contribution in [2.45, 2.75) is 20.1 Å². The first-order valence-corrected chi connectivity index (χ1v) is 5.15. The molecule has 1 aromatic carbocycles. The molecule has 5 heteroatoms. The fourth-order valence-electron chi connectivity index (χ4n) is 0.811. The number of aliphatic hydroxyl groups excluding tert-OH is 1. The van der Waals surface area contributed by atoms with Crippen LogP contribution in [0.4, 0.5) is 5.69 Å². The highest BCUT2D eigenvalue weighted by Gasteiger charge is 2.04. The van der Waals surface area contributed by atoms with Gasteiger partial charge in [-0.1, -0.05) is 24.8 Å². The number of isocyanates is 1. The first kappa shape index (κ1) is 15.8. The summed E-state index contributed by atoms with van der Waals surface area (Å²) in [5, 5.41) is 8.49. The molecule has 1 atom stereocenters. The Morgan fingerprint density at radius 3 is 2.33 bits per heavy atom. The number of esters is 1. The number of para-hydroxylation sites is 1. The lowest BCUT2D eigenvalue weighted by Crippen LogP contribution is -2.13. The zero-order valence-electron chi connectivity index (χ0n) is 10.3. The number of nitrogens with zero attached hydrogens (tertiary/aromatic N) is 1. The number of ether oxygens (including phenoxy) is 1. The van der Waals surface area contributed by atoms with E-state index in [1.54, 1.807) is 12.1 Å². The molecule has 0 aliphatic carbocycles. The summed E-state index contributed by atoms with van der Waals surface area (Å²) in [6.45, 7) is 6.20. The third kappa shape index (κ3) is 7.98. The maximum absolute atomic E-state index is 10.5. The van der Waals surface area contributed by atoms with Gasteiger partial charge in [0.05, 0.1) is 5.69 Å². The van der Waals surface area contributed by atoms with E-state index in [2.05, 4.69) is 16.3 Å². The summed E-state index contributed by atoms with van der Waals surface area (Å²) in [6, 6.07) is 8.98. The molecule has 0 saturated heterocycles. The highest BCUT2D eigenvalue weighted by Crippen LogP contribution is 2.07. The van der Waals surface area contributed by atoms with Crippen LogP contribution in [0.25, 0.3) is 0 Å².